The van der Waals surface area contributed by atoms with Gasteiger partial charge in [-0.3, -0.25) is 0 Å². The molecule has 0 aliphatic rings. The first-order valence-corrected chi connectivity index (χ1v) is 5.61. The highest BCUT2D eigenvalue weighted by Gasteiger charge is 2.04. The number of nitrogen functional groups attached to an aromatic ring is 1. The molecule has 0 radical (unpaired) electrons. The summed E-state index contributed by atoms with van der Waals surface area (Å²) in [5, 5.41) is 3.85. The molecule has 0 saturated heterocycles. The van der Waals surface area contributed by atoms with Crippen molar-refractivity contribution >= 4 is 33.8 Å². The Morgan fingerprint density at radius 3 is 2.50 bits per heavy atom. The molecule has 0 atom stereocenters. The van der Waals surface area contributed by atoms with Gasteiger partial charge in [-0.1, -0.05) is 39.3 Å². The Morgan fingerprint density at radius 2 is 1.94 bits per heavy atom. The van der Waals surface area contributed by atoms with E-state index in [1.54, 1.807) is 6.92 Å². The third-order valence-electron chi connectivity index (χ3n) is 2.24. The molecule has 0 aliphatic carbocycles. The quantitative estimate of drug-likeness (QED) is 0.915. The molecule has 3 nitrogen and oxygen atoms in total. The molecule has 0 bridgehead atoms. The van der Waals surface area contributed by atoms with Crippen LogP contribution < -0.4 is 5.73 Å². The molecular weight excluding hydrogens is 268 g/mol. The molecule has 82 valence electrons. The molecule has 2 N–H and O–H groups in total. The molecule has 16 heavy (non-hydrogen) atoms. The van der Waals surface area contributed by atoms with E-state index in [4.69, 9.17) is 10.3 Å². The Morgan fingerprint density at radius 1 is 1.25 bits per heavy atom. The molecule has 1 aromatic heterocycles. The largest absolute Gasteiger partial charge is 0.394 e. The number of hydrogen-bond acceptors (Lipinski definition) is 3. The van der Waals surface area contributed by atoms with E-state index in [0.29, 0.717) is 17.1 Å². The van der Waals surface area contributed by atoms with Crippen LogP contribution in [0.3, 0.4) is 0 Å². The Hall–Kier alpha value is -1.55. The summed E-state index contributed by atoms with van der Waals surface area (Å²) < 4.78 is 6.03. The molecule has 0 amide bonds. The lowest BCUT2D eigenvalue weighted by Crippen LogP contribution is -1.86. The minimum absolute atomic E-state index is 0.591. The Labute approximate surface area is 102 Å². The predicted octanol–water partition coefficient (Wildman–Crippen LogP) is 3.50. The lowest BCUT2D eigenvalue weighted by Gasteiger charge is -1.93. The zero-order valence-electron chi connectivity index (χ0n) is 8.77. The van der Waals surface area contributed by atoms with Crippen LogP contribution in [0.5, 0.6) is 0 Å². The standard InChI is InChI=1S/C12H11BrN2O/c1-8-12(14)11(15-16-8)7-4-9-2-5-10(13)6-3-9/h2-7H,14H2,1H3. The van der Waals surface area contributed by atoms with Crippen molar-refractivity contribution in [1.82, 2.24) is 5.16 Å². The molecule has 0 saturated carbocycles. The van der Waals surface area contributed by atoms with E-state index in [1.165, 1.54) is 0 Å². The fourth-order valence-corrected chi connectivity index (χ4v) is 1.53. The number of hydrogen-bond donors (Lipinski definition) is 1. The van der Waals surface area contributed by atoms with E-state index >= 15 is 0 Å². The van der Waals surface area contributed by atoms with Crippen molar-refractivity contribution in [2.24, 2.45) is 0 Å². The van der Waals surface area contributed by atoms with Gasteiger partial charge in [0, 0.05) is 4.47 Å². The second-order valence-electron chi connectivity index (χ2n) is 3.42. The summed E-state index contributed by atoms with van der Waals surface area (Å²) in [4.78, 5) is 0. The molecule has 4 heteroatoms. The van der Waals surface area contributed by atoms with Gasteiger partial charge in [0.05, 0.1) is 0 Å². The SMILES string of the molecule is Cc1onc(C=Cc2ccc(Br)cc2)c1N. The van der Waals surface area contributed by atoms with Gasteiger partial charge in [-0.15, -0.1) is 0 Å². The van der Waals surface area contributed by atoms with Crippen molar-refractivity contribution < 1.29 is 4.52 Å². The zero-order valence-corrected chi connectivity index (χ0v) is 10.4. The maximum Gasteiger partial charge on any atom is 0.157 e. The van der Waals surface area contributed by atoms with Crippen molar-refractivity contribution in [1.29, 1.82) is 0 Å². The first-order valence-electron chi connectivity index (χ1n) is 4.82. The molecule has 0 fully saturated rings. The van der Waals surface area contributed by atoms with Crippen molar-refractivity contribution in [3.8, 4) is 0 Å². The fraction of sp³-hybridized carbons (Fsp3) is 0.0833. The number of aryl methyl sites for hydroxylation is 1. The Bertz CT molecular complexity index is 514. The van der Waals surface area contributed by atoms with E-state index in [-0.39, 0.29) is 0 Å². The van der Waals surface area contributed by atoms with Crippen molar-refractivity contribution in [3.63, 3.8) is 0 Å². The number of nitrogens with zero attached hydrogens (tertiary/aromatic N) is 1. The smallest absolute Gasteiger partial charge is 0.157 e. The first kappa shape index (κ1) is 11.0. The minimum atomic E-state index is 0.591. The predicted molar refractivity (Wildman–Crippen MR) is 68.7 cm³/mol. The number of halogens is 1. The fourth-order valence-electron chi connectivity index (χ4n) is 1.27. The summed E-state index contributed by atoms with van der Waals surface area (Å²) in [6.07, 6.45) is 3.79. The molecule has 1 heterocycles. The third-order valence-corrected chi connectivity index (χ3v) is 2.77. The first-order chi connectivity index (χ1) is 7.66. The normalized spacial score (nSPS) is 11.1. The number of rotatable bonds is 2. The van der Waals surface area contributed by atoms with Gasteiger partial charge in [0.25, 0.3) is 0 Å². The Kier molecular flexibility index (Phi) is 3.10. The van der Waals surface area contributed by atoms with Crippen molar-refractivity contribution in [2.45, 2.75) is 6.92 Å². The maximum absolute atomic E-state index is 5.78. The van der Waals surface area contributed by atoms with Gasteiger partial charge >= 0.3 is 0 Å². The number of nitrogens with two attached hydrogens (primary N) is 1. The van der Waals surface area contributed by atoms with Crippen LogP contribution in [0.25, 0.3) is 12.2 Å². The van der Waals surface area contributed by atoms with E-state index in [9.17, 15) is 0 Å². The molecule has 2 rings (SSSR count). The van der Waals surface area contributed by atoms with E-state index < -0.39 is 0 Å². The highest BCUT2D eigenvalue weighted by molar-refractivity contribution is 9.10. The minimum Gasteiger partial charge on any atom is -0.394 e. The van der Waals surface area contributed by atoms with Crippen molar-refractivity contribution in [2.75, 3.05) is 5.73 Å². The van der Waals surface area contributed by atoms with E-state index in [1.807, 2.05) is 36.4 Å². The van der Waals surface area contributed by atoms with Crippen LogP contribution in [-0.4, -0.2) is 5.16 Å². The second-order valence-corrected chi connectivity index (χ2v) is 4.34. The van der Waals surface area contributed by atoms with Crippen LogP contribution >= 0.6 is 15.9 Å². The van der Waals surface area contributed by atoms with E-state index in [0.717, 1.165) is 10.0 Å². The summed E-state index contributed by atoms with van der Waals surface area (Å²) >= 11 is 3.38. The number of benzene rings is 1. The van der Waals surface area contributed by atoms with Gasteiger partial charge in [0.2, 0.25) is 0 Å². The molecule has 0 aliphatic heterocycles. The van der Waals surface area contributed by atoms with Gasteiger partial charge in [-0.2, -0.15) is 0 Å². The maximum atomic E-state index is 5.78. The number of anilines is 1. The average Bonchev–Trinajstić information content (AvgIpc) is 2.60. The molecular formula is C12H11BrN2O. The highest BCUT2D eigenvalue weighted by Crippen LogP contribution is 2.18. The highest BCUT2D eigenvalue weighted by atomic mass is 79.9. The van der Waals surface area contributed by atoms with Crippen LogP contribution in [0.1, 0.15) is 17.0 Å². The summed E-state index contributed by atoms with van der Waals surface area (Å²) in [7, 11) is 0. The summed E-state index contributed by atoms with van der Waals surface area (Å²) in [6.45, 7) is 1.79. The average molecular weight is 279 g/mol. The monoisotopic (exact) mass is 278 g/mol. The molecule has 0 unspecified atom stereocenters. The molecule has 1 aromatic carbocycles. The zero-order chi connectivity index (χ0) is 11.5. The Balaban J connectivity index is 2.21. The second kappa shape index (κ2) is 4.53. The van der Waals surface area contributed by atoms with Crippen LogP contribution in [0, 0.1) is 6.92 Å². The molecule has 2 aromatic rings. The van der Waals surface area contributed by atoms with Gasteiger partial charge < -0.3 is 10.3 Å². The van der Waals surface area contributed by atoms with Gasteiger partial charge in [0.15, 0.2) is 5.76 Å². The lowest BCUT2D eigenvalue weighted by molar-refractivity contribution is 0.397. The summed E-state index contributed by atoms with van der Waals surface area (Å²) in [5.41, 5.74) is 8.12. The van der Waals surface area contributed by atoms with Crippen LogP contribution in [0.2, 0.25) is 0 Å². The van der Waals surface area contributed by atoms with Gasteiger partial charge in [-0.05, 0) is 30.7 Å². The lowest BCUT2D eigenvalue weighted by atomic mass is 10.2. The summed E-state index contributed by atoms with van der Waals surface area (Å²) in [6, 6.07) is 7.97. The van der Waals surface area contributed by atoms with E-state index in [2.05, 4.69) is 21.1 Å². The van der Waals surface area contributed by atoms with Gasteiger partial charge in [-0.25, -0.2) is 0 Å². The number of aromatic nitrogens is 1. The third kappa shape index (κ3) is 2.33. The van der Waals surface area contributed by atoms with Crippen LogP contribution in [0.15, 0.2) is 33.3 Å². The summed E-state index contributed by atoms with van der Waals surface area (Å²) in [5.74, 6) is 0.649. The van der Waals surface area contributed by atoms with Crippen molar-refractivity contribution in [3.05, 3.63) is 45.8 Å². The molecule has 0 spiro atoms. The van der Waals surface area contributed by atoms with Crippen LogP contribution in [0.4, 0.5) is 5.69 Å². The topological polar surface area (TPSA) is 52.0 Å². The van der Waals surface area contributed by atoms with Gasteiger partial charge in [0.1, 0.15) is 11.4 Å². The van der Waals surface area contributed by atoms with Crippen LogP contribution in [-0.2, 0) is 0 Å².